The molecule has 166 valence electrons. The van der Waals surface area contributed by atoms with E-state index < -0.39 is 0 Å². The molecule has 0 spiro atoms. The van der Waals surface area contributed by atoms with Crippen molar-refractivity contribution in [3.05, 3.63) is 58.8 Å². The van der Waals surface area contributed by atoms with E-state index in [1.165, 1.54) is 16.7 Å². The summed E-state index contributed by atoms with van der Waals surface area (Å²) in [4.78, 5) is 23.1. The minimum absolute atomic E-state index is 0.0313. The summed E-state index contributed by atoms with van der Waals surface area (Å²) in [6.07, 6.45) is 3.36. The SMILES string of the molecule is CCNC(=NCc1cccnc1N1CCC(C(N)=O)CC1)NCc1ccc(C)cc1C. The number of hydrogen-bond acceptors (Lipinski definition) is 4. The first-order chi connectivity index (χ1) is 15.0. The second-order valence-electron chi connectivity index (χ2n) is 8.13. The number of guanidine groups is 1. The van der Waals surface area contributed by atoms with Crippen molar-refractivity contribution < 1.29 is 4.79 Å². The van der Waals surface area contributed by atoms with Gasteiger partial charge in [0.2, 0.25) is 5.91 Å². The third-order valence-electron chi connectivity index (χ3n) is 5.76. The third-order valence-corrected chi connectivity index (χ3v) is 5.76. The molecule has 0 radical (unpaired) electrons. The van der Waals surface area contributed by atoms with Gasteiger partial charge < -0.3 is 21.3 Å². The lowest BCUT2D eigenvalue weighted by Crippen LogP contribution is -2.39. The molecule has 1 fully saturated rings. The lowest BCUT2D eigenvalue weighted by molar-refractivity contribution is -0.122. The molecule has 3 rings (SSSR count). The van der Waals surface area contributed by atoms with Gasteiger partial charge in [-0.05, 0) is 50.8 Å². The van der Waals surface area contributed by atoms with Crippen molar-refractivity contribution in [2.45, 2.75) is 46.7 Å². The summed E-state index contributed by atoms with van der Waals surface area (Å²) >= 11 is 0. The number of aryl methyl sites for hydroxylation is 2. The van der Waals surface area contributed by atoms with Gasteiger partial charge in [-0.1, -0.05) is 29.8 Å². The Morgan fingerprint density at radius 3 is 2.65 bits per heavy atom. The van der Waals surface area contributed by atoms with Crippen LogP contribution in [0.3, 0.4) is 0 Å². The third kappa shape index (κ3) is 6.20. The van der Waals surface area contributed by atoms with E-state index in [-0.39, 0.29) is 11.8 Å². The topological polar surface area (TPSA) is 95.6 Å². The number of pyridine rings is 1. The molecule has 1 amide bonds. The predicted molar refractivity (Wildman–Crippen MR) is 126 cm³/mol. The number of hydrogen-bond donors (Lipinski definition) is 3. The number of rotatable bonds is 7. The first kappa shape index (κ1) is 22.6. The highest BCUT2D eigenvalue weighted by atomic mass is 16.1. The van der Waals surface area contributed by atoms with Gasteiger partial charge in [0.05, 0.1) is 6.54 Å². The van der Waals surface area contributed by atoms with Crippen LogP contribution in [0, 0.1) is 19.8 Å². The summed E-state index contributed by atoms with van der Waals surface area (Å²) in [7, 11) is 0. The van der Waals surface area contributed by atoms with E-state index in [4.69, 9.17) is 10.7 Å². The van der Waals surface area contributed by atoms with Crippen LogP contribution in [0.25, 0.3) is 0 Å². The fourth-order valence-electron chi connectivity index (χ4n) is 3.94. The Hall–Kier alpha value is -3.09. The maximum atomic E-state index is 11.5. The Morgan fingerprint density at radius 2 is 1.97 bits per heavy atom. The second kappa shape index (κ2) is 10.8. The molecule has 0 unspecified atom stereocenters. The van der Waals surface area contributed by atoms with Crippen LogP contribution in [0.5, 0.6) is 0 Å². The minimum atomic E-state index is -0.198. The fraction of sp³-hybridized carbons (Fsp3) is 0.458. The van der Waals surface area contributed by atoms with E-state index in [1.54, 1.807) is 0 Å². The quantitative estimate of drug-likeness (QED) is 0.471. The second-order valence-corrected chi connectivity index (χ2v) is 8.13. The number of nitrogens with zero attached hydrogens (tertiary/aromatic N) is 3. The van der Waals surface area contributed by atoms with Gasteiger partial charge in [0.25, 0.3) is 0 Å². The highest BCUT2D eigenvalue weighted by Crippen LogP contribution is 2.25. The number of primary amides is 1. The molecule has 2 aromatic rings. The molecular formula is C24H34N6O. The molecule has 1 aliphatic rings. The van der Waals surface area contributed by atoms with Gasteiger partial charge in [0.1, 0.15) is 5.82 Å². The molecule has 0 atom stereocenters. The zero-order valence-corrected chi connectivity index (χ0v) is 18.8. The summed E-state index contributed by atoms with van der Waals surface area (Å²) in [6.45, 7) is 9.92. The number of carbonyl (C=O) groups is 1. The highest BCUT2D eigenvalue weighted by Gasteiger charge is 2.24. The van der Waals surface area contributed by atoms with Gasteiger partial charge in [0.15, 0.2) is 5.96 Å². The van der Waals surface area contributed by atoms with Crippen molar-refractivity contribution in [2.24, 2.45) is 16.6 Å². The van der Waals surface area contributed by atoms with Gasteiger partial charge in [-0.2, -0.15) is 0 Å². The number of benzene rings is 1. The van der Waals surface area contributed by atoms with Crippen LogP contribution in [0.1, 0.15) is 42.0 Å². The molecule has 1 aliphatic heterocycles. The van der Waals surface area contributed by atoms with Crippen molar-refractivity contribution in [2.75, 3.05) is 24.5 Å². The van der Waals surface area contributed by atoms with E-state index in [9.17, 15) is 4.79 Å². The van der Waals surface area contributed by atoms with Crippen LogP contribution < -0.4 is 21.3 Å². The zero-order valence-electron chi connectivity index (χ0n) is 18.8. The minimum Gasteiger partial charge on any atom is -0.369 e. The molecular weight excluding hydrogens is 388 g/mol. The van der Waals surface area contributed by atoms with Crippen LogP contribution in [0.4, 0.5) is 5.82 Å². The Bertz CT molecular complexity index is 918. The molecule has 0 aliphatic carbocycles. The molecule has 7 heteroatoms. The largest absolute Gasteiger partial charge is 0.369 e. The van der Waals surface area contributed by atoms with Gasteiger partial charge in [-0.3, -0.25) is 4.79 Å². The van der Waals surface area contributed by atoms with Gasteiger partial charge in [0, 0.05) is 43.9 Å². The Balaban J connectivity index is 1.67. The number of carbonyl (C=O) groups excluding carboxylic acids is 1. The number of aromatic nitrogens is 1. The van der Waals surface area contributed by atoms with Gasteiger partial charge in [-0.15, -0.1) is 0 Å². The molecule has 1 saturated heterocycles. The van der Waals surface area contributed by atoms with E-state index in [0.29, 0.717) is 6.54 Å². The number of amides is 1. The fourth-order valence-corrected chi connectivity index (χ4v) is 3.94. The lowest BCUT2D eigenvalue weighted by Gasteiger charge is -2.32. The van der Waals surface area contributed by atoms with Crippen molar-refractivity contribution in [3.63, 3.8) is 0 Å². The molecule has 0 bridgehead atoms. The smallest absolute Gasteiger partial charge is 0.220 e. The predicted octanol–water partition coefficient (Wildman–Crippen LogP) is 2.66. The monoisotopic (exact) mass is 422 g/mol. The lowest BCUT2D eigenvalue weighted by atomic mass is 9.96. The summed E-state index contributed by atoms with van der Waals surface area (Å²) in [6, 6.07) is 10.5. The van der Waals surface area contributed by atoms with E-state index in [2.05, 4.69) is 65.6 Å². The number of nitrogens with two attached hydrogens (primary N) is 1. The molecule has 31 heavy (non-hydrogen) atoms. The zero-order chi connectivity index (χ0) is 22.2. The van der Waals surface area contributed by atoms with E-state index in [1.807, 2.05) is 12.3 Å². The maximum Gasteiger partial charge on any atom is 0.220 e. The van der Waals surface area contributed by atoms with E-state index >= 15 is 0 Å². The average molecular weight is 423 g/mol. The van der Waals surface area contributed by atoms with Crippen molar-refractivity contribution in [3.8, 4) is 0 Å². The highest BCUT2D eigenvalue weighted by molar-refractivity contribution is 5.80. The van der Waals surface area contributed by atoms with E-state index in [0.717, 1.165) is 56.4 Å². The number of piperidine rings is 1. The average Bonchev–Trinajstić information content (AvgIpc) is 2.77. The molecule has 1 aromatic carbocycles. The summed E-state index contributed by atoms with van der Waals surface area (Å²) in [5.41, 5.74) is 10.4. The van der Waals surface area contributed by atoms with Gasteiger partial charge >= 0.3 is 0 Å². The molecule has 2 heterocycles. The number of anilines is 1. The first-order valence-electron chi connectivity index (χ1n) is 11.0. The van der Waals surface area contributed by atoms with Crippen LogP contribution in [-0.4, -0.2) is 36.5 Å². The van der Waals surface area contributed by atoms with Crippen molar-refractivity contribution >= 4 is 17.7 Å². The number of aliphatic imine (C=N–C) groups is 1. The Kier molecular flexibility index (Phi) is 7.87. The normalized spacial score (nSPS) is 15.1. The van der Waals surface area contributed by atoms with Crippen LogP contribution in [-0.2, 0) is 17.9 Å². The molecule has 0 saturated carbocycles. The number of nitrogens with one attached hydrogen (secondary N) is 2. The van der Waals surface area contributed by atoms with Crippen molar-refractivity contribution in [1.82, 2.24) is 15.6 Å². The van der Waals surface area contributed by atoms with Crippen LogP contribution in [0.15, 0.2) is 41.5 Å². The Labute approximate surface area is 185 Å². The Morgan fingerprint density at radius 1 is 1.19 bits per heavy atom. The standard InChI is InChI=1S/C24H34N6O/c1-4-26-24(28-15-20-8-7-17(2)14-18(20)3)29-16-21-6-5-11-27-23(21)30-12-9-19(10-13-30)22(25)31/h5-8,11,14,19H,4,9-10,12-13,15-16H2,1-3H3,(H2,25,31)(H2,26,28,29). The summed E-state index contributed by atoms with van der Waals surface area (Å²) in [5.74, 6) is 1.50. The molecule has 7 nitrogen and oxygen atoms in total. The summed E-state index contributed by atoms with van der Waals surface area (Å²) < 4.78 is 0. The maximum absolute atomic E-state index is 11.5. The van der Waals surface area contributed by atoms with Crippen LogP contribution in [0.2, 0.25) is 0 Å². The van der Waals surface area contributed by atoms with Gasteiger partial charge in [-0.25, -0.2) is 9.98 Å². The molecule has 4 N–H and O–H groups in total. The van der Waals surface area contributed by atoms with Crippen molar-refractivity contribution in [1.29, 1.82) is 0 Å². The first-order valence-corrected chi connectivity index (χ1v) is 11.0. The van der Waals surface area contributed by atoms with Crippen LogP contribution >= 0.6 is 0 Å². The molecule has 1 aromatic heterocycles. The summed E-state index contributed by atoms with van der Waals surface area (Å²) in [5, 5.41) is 6.76.